The summed E-state index contributed by atoms with van der Waals surface area (Å²) in [6.45, 7) is 3.46. The Morgan fingerprint density at radius 2 is 1.55 bits per heavy atom. The maximum atomic E-state index is 11.0. The van der Waals surface area contributed by atoms with Crippen molar-refractivity contribution < 1.29 is 9.53 Å². The molecule has 0 saturated heterocycles. The number of benzene rings is 2. The van der Waals surface area contributed by atoms with E-state index in [0.717, 1.165) is 12.0 Å². The van der Waals surface area contributed by atoms with Gasteiger partial charge in [-0.1, -0.05) is 60.0 Å². The predicted molar refractivity (Wildman–Crippen MR) is 88.5 cm³/mol. The summed E-state index contributed by atoms with van der Waals surface area (Å²) in [6, 6.07) is 16.8. The minimum absolute atomic E-state index is 0.348. The zero-order valence-electron chi connectivity index (χ0n) is 13.0. The molecule has 1 atom stereocenters. The molecule has 0 N–H and O–H groups in total. The van der Waals surface area contributed by atoms with Gasteiger partial charge in [0.25, 0.3) is 0 Å². The molecule has 2 rings (SSSR count). The summed E-state index contributed by atoms with van der Waals surface area (Å²) in [6.07, 6.45) is 6.33. The number of ether oxygens (including phenoxy) is 1. The van der Waals surface area contributed by atoms with Gasteiger partial charge in [-0.25, -0.2) is 0 Å². The quantitative estimate of drug-likeness (QED) is 0.620. The molecule has 0 spiro atoms. The highest BCUT2D eigenvalue weighted by Gasteiger charge is 2.09. The van der Waals surface area contributed by atoms with Crippen LogP contribution in [0.4, 0.5) is 0 Å². The van der Waals surface area contributed by atoms with Gasteiger partial charge in [-0.05, 0) is 30.0 Å². The lowest BCUT2D eigenvalue weighted by Crippen LogP contribution is -2.16. The molecular formula is C20H20O2. The number of rotatable bonds is 5. The van der Waals surface area contributed by atoms with Crippen molar-refractivity contribution in [2.75, 3.05) is 0 Å². The van der Waals surface area contributed by atoms with E-state index in [9.17, 15) is 4.79 Å². The van der Waals surface area contributed by atoms with Crippen molar-refractivity contribution in [1.29, 1.82) is 0 Å². The molecule has 0 saturated carbocycles. The smallest absolute Gasteiger partial charge is 0.303 e. The van der Waals surface area contributed by atoms with Crippen LogP contribution in [0, 0.1) is 19.3 Å². The molecule has 0 fully saturated rings. The summed E-state index contributed by atoms with van der Waals surface area (Å²) in [4.78, 5) is 11.0. The molecule has 2 heteroatoms. The average molecular weight is 292 g/mol. The average Bonchev–Trinajstić information content (AvgIpc) is 2.50. The Hall–Kier alpha value is -2.53. The third-order valence-electron chi connectivity index (χ3n) is 3.47. The van der Waals surface area contributed by atoms with Crippen LogP contribution in [0.2, 0.25) is 0 Å². The van der Waals surface area contributed by atoms with Crippen LogP contribution in [0.25, 0.3) is 0 Å². The number of carbonyl (C=O) groups excluding carboxylic acids is 1. The normalized spacial score (nSPS) is 11.5. The van der Waals surface area contributed by atoms with E-state index in [-0.39, 0.29) is 5.97 Å². The third-order valence-corrected chi connectivity index (χ3v) is 3.47. The Labute approximate surface area is 132 Å². The number of hydrogen-bond acceptors (Lipinski definition) is 2. The molecule has 22 heavy (non-hydrogen) atoms. The van der Waals surface area contributed by atoms with Crippen molar-refractivity contribution in [3.05, 3.63) is 70.8 Å². The lowest BCUT2D eigenvalue weighted by molar-refractivity contribution is -0.143. The molecule has 0 aromatic heterocycles. The van der Waals surface area contributed by atoms with Crippen molar-refractivity contribution in [2.24, 2.45) is 0 Å². The van der Waals surface area contributed by atoms with Crippen LogP contribution >= 0.6 is 0 Å². The summed E-state index contributed by atoms with van der Waals surface area (Å²) < 4.78 is 5.07. The highest BCUT2D eigenvalue weighted by molar-refractivity contribution is 5.66. The minimum atomic E-state index is -0.500. The fourth-order valence-electron chi connectivity index (χ4n) is 2.28. The van der Waals surface area contributed by atoms with E-state index in [4.69, 9.17) is 11.2 Å². The summed E-state index contributed by atoms with van der Waals surface area (Å²) in [5, 5.41) is 0. The molecule has 0 bridgehead atoms. The van der Waals surface area contributed by atoms with E-state index in [2.05, 4.69) is 49.2 Å². The summed E-state index contributed by atoms with van der Waals surface area (Å²) in [5.41, 5.74) is 4.87. The van der Waals surface area contributed by atoms with Gasteiger partial charge >= 0.3 is 5.97 Å². The summed E-state index contributed by atoms with van der Waals surface area (Å²) in [7, 11) is 0. The molecule has 112 valence electrons. The van der Waals surface area contributed by atoms with Gasteiger partial charge in [0.15, 0.2) is 6.10 Å². The first kappa shape index (κ1) is 15.9. The van der Waals surface area contributed by atoms with Gasteiger partial charge in [-0.2, -0.15) is 0 Å². The highest BCUT2D eigenvalue weighted by atomic mass is 16.5. The van der Waals surface area contributed by atoms with E-state index >= 15 is 0 Å². The first-order valence-electron chi connectivity index (χ1n) is 7.33. The number of esters is 1. The van der Waals surface area contributed by atoms with Crippen LogP contribution in [-0.4, -0.2) is 12.1 Å². The fourth-order valence-corrected chi connectivity index (χ4v) is 2.28. The molecule has 2 aromatic carbocycles. The lowest BCUT2D eigenvalue weighted by Gasteiger charge is -2.11. The second kappa shape index (κ2) is 7.47. The zero-order chi connectivity index (χ0) is 15.9. The van der Waals surface area contributed by atoms with Crippen molar-refractivity contribution >= 4 is 5.97 Å². The number of terminal acetylenes is 1. The van der Waals surface area contributed by atoms with Crippen LogP contribution in [0.5, 0.6) is 0 Å². The van der Waals surface area contributed by atoms with Gasteiger partial charge in [-0.3, -0.25) is 4.79 Å². The first-order valence-corrected chi connectivity index (χ1v) is 7.33. The minimum Gasteiger partial charge on any atom is -0.449 e. The number of aryl methyl sites for hydroxylation is 1. The van der Waals surface area contributed by atoms with Gasteiger partial charge in [-0.15, -0.1) is 6.42 Å². The fraction of sp³-hybridized carbons (Fsp3) is 0.250. The Morgan fingerprint density at radius 3 is 2.05 bits per heavy atom. The van der Waals surface area contributed by atoms with Gasteiger partial charge in [0.05, 0.1) is 0 Å². The van der Waals surface area contributed by atoms with E-state index < -0.39 is 6.10 Å². The van der Waals surface area contributed by atoms with Gasteiger partial charge in [0, 0.05) is 13.3 Å². The zero-order valence-corrected chi connectivity index (χ0v) is 13.0. The third kappa shape index (κ3) is 4.79. The number of carbonyl (C=O) groups is 1. The van der Waals surface area contributed by atoms with Gasteiger partial charge in [0.2, 0.25) is 0 Å². The molecule has 0 aliphatic carbocycles. The Morgan fingerprint density at radius 1 is 1.05 bits per heavy atom. The molecule has 1 unspecified atom stereocenters. The predicted octanol–water partition coefficient (Wildman–Crippen LogP) is 3.69. The van der Waals surface area contributed by atoms with Crippen molar-refractivity contribution in [3.8, 4) is 12.3 Å². The van der Waals surface area contributed by atoms with E-state index in [1.54, 1.807) is 0 Å². The van der Waals surface area contributed by atoms with Gasteiger partial charge in [0.1, 0.15) is 0 Å². The lowest BCUT2D eigenvalue weighted by atomic mass is 10.0. The van der Waals surface area contributed by atoms with Crippen LogP contribution in [0.3, 0.4) is 0 Å². The molecule has 2 nitrogen and oxygen atoms in total. The topological polar surface area (TPSA) is 26.3 Å². The Kier molecular flexibility index (Phi) is 5.38. The second-order valence-electron chi connectivity index (χ2n) is 5.45. The SMILES string of the molecule is C#CC(Cc1ccc(Cc2ccc(C)cc2)cc1)OC(C)=O. The van der Waals surface area contributed by atoms with Crippen molar-refractivity contribution in [1.82, 2.24) is 0 Å². The van der Waals surface area contributed by atoms with E-state index in [0.29, 0.717) is 6.42 Å². The van der Waals surface area contributed by atoms with E-state index in [1.165, 1.54) is 23.6 Å². The maximum Gasteiger partial charge on any atom is 0.303 e. The summed E-state index contributed by atoms with van der Waals surface area (Å²) >= 11 is 0. The Balaban J connectivity index is 1.99. The monoisotopic (exact) mass is 292 g/mol. The maximum absolute atomic E-state index is 11.0. The van der Waals surface area contributed by atoms with Gasteiger partial charge < -0.3 is 4.74 Å². The van der Waals surface area contributed by atoms with Crippen LogP contribution in [0.15, 0.2) is 48.5 Å². The van der Waals surface area contributed by atoms with Crippen LogP contribution < -0.4 is 0 Å². The largest absolute Gasteiger partial charge is 0.449 e. The van der Waals surface area contributed by atoms with Crippen LogP contribution in [-0.2, 0) is 22.4 Å². The molecule has 0 amide bonds. The standard InChI is InChI=1S/C20H20O2/c1-4-20(22-16(3)21)14-19-11-9-18(10-12-19)13-17-7-5-15(2)6-8-17/h1,5-12,20H,13-14H2,2-3H3. The number of hydrogen-bond donors (Lipinski definition) is 0. The van der Waals surface area contributed by atoms with Crippen LogP contribution in [0.1, 0.15) is 29.2 Å². The van der Waals surface area contributed by atoms with E-state index in [1.807, 2.05) is 12.1 Å². The molecule has 0 radical (unpaired) electrons. The van der Waals surface area contributed by atoms with Crippen molar-refractivity contribution in [2.45, 2.75) is 32.8 Å². The molecule has 0 aliphatic heterocycles. The Bertz CT molecular complexity index is 660. The summed E-state index contributed by atoms with van der Waals surface area (Å²) in [5.74, 6) is 2.15. The molecular weight excluding hydrogens is 272 g/mol. The second-order valence-corrected chi connectivity index (χ2v) is 5.45. The molecule has 0 aliphatic rings. The molecule has 2 aromatic rings. The molecule has 0 heterocycles. The van der Waals surface area contributed by atoms with Crippen molar-refractivity contribution in [3.63, 3.8) is 0 Å². The highest BCUT2D eigenvalue weighted by Crippen LogP contribution is 2.13. The first-order chi connectivity index (χ1) is 10.6.